The van der Waals surface area contributed by atoms with E-state index in [4.69, 9.17) is 5.11 Å². The first-order valence-electron chi connectivity index (χ1n) is 4.24. The quantitative estimate of drug-likeness (QED) is 0.806. The van der Waals surface area contributed by atoms with Crippen LogP contribution in [0.5, 0.6) is 0 Å². The number of aryl methyl sites for hydroxylation is 1. The Morgan fingerprint density at radius 1 is 1.62 bits per heavy atom. The van der Waals surface area contributed by atoms with E-state index in [-0.39, 0.29) is 12.1 Å². The van der Waals surface area contributed by atoms with Gasteiger partial charge in [-0.05, 0) is 20.8 Å². The first kappa shape index (κ1) is 10.5. The van der Waals surface area contributed by atoms with E-state index in [0.29, 0.717) is 0 Å². The highest BCUT2D eigenvalue weighted by Gasteiger charge is 2.24. The minimum Gasteiger partial charge on any atom is -0.394 e. The molecule has 1 aromatic heterocycles. The van der Waals surface area contributed by atoms with Gasteiger partial charge in [0.25, 0.3) is 0 Å². The largest absolute Gasteiger partial charge is 0.394 e. The summed E-state index contributed by atoms with van der Waals surface area (Å²) in [5.41, 5.74) is 0.783. The summed E-state index contributed by atoms with van der Waals surface area (Å²) in [5, 5.41) is 12.1. The molecular weight excluding hydrogens is 184 g/mol. The number of likely N-dealkylation sites (N-methyl/N-ethyl adjacent to an activating group) is 1. The number of thiazole rings is 1. The van der Waals surface area contributed by atoms with Crippen LogP contribution in [0.25, 0.3) is 0 Å². The summed E-state index contributed by atoms with van der Waals surface area (Å²) in [7, 11) is 1.95. The molecule has 0 aromatic carbocycles. The maximum absolute atomic E-state index is 9.17. The number of aliphatic hydroxyl groups is 1. The molecule has 0 saturated heterocycles. The summed E-state index contributed by atoms with van der Waals surface area (Å²) < 4.78 is 0. The second-order valence-corrected chi connectivity index (χ2v) is 4.64. The Balaban J connectivity index is 2.84. The van der Waals surface area contributed by atoms with Crippen molar-refractivity contribution in [1.82, 2.24) is 4.98 Å². The van der Waals surface area contributed by atoms with E-state index in [0.717, 1.165) is 10.8 Å². The number of hydrogen-bond acceptors (Lipinski definition) is 4. The normalized spacial score (nSPS) is 11.8. The maximum atomic E-state index is 9.17. The fourth-order valence-electron chi connectivity index (χ4n) is 0.861. The molecule has 1 rings (SSSR count). The molecule has 0 aliphatic heterocycles. The van der Waals surface area contributed by atoms with E-state index >= 15 is 0 Å². The second-order valence-electron chi connectivity index (χ2n) is 3.80. The van der Waals surface area contributed by atoms with Crippen LogP contribution in [0.1, 0.15) is 19.5 Å². The fraction of sp³-hybridized carbons (Fsp3) is 0.667. The lowest BCUT2D eigenvalue weighted by molar-refractivity contribution is 0.216. The lowest BCUT2D eigenvalue weighted by Gasteiger charge is -2.33. The highest BCUT2D eigenvalue weighted by molar-refractivity contribution is 7.13. The first-order valence-corrected chi connectivity index (χ1v) is 5.12. The molecule has 0 unspecified atom stereocenters. The minimum absolute atomic E-state index is 0.127. The van der Waals surface area contributed by atoms with Crippen LogP contribution in [0.15, 0.2) is 5.38 Å². The summed E-state index contributed by atoms with van der Waals surface area (Å²) in [6.45, 7) is 6.08. The van der Waals surface area contributed by atoms with Crippen molar-refractivity contribution in [1.29, 1.82) is 0 Å². The molecule has 0 aliphatic carbocycles. The molecule has 0 spiro atoms. The Morgan fingerprint density at radius 2 is 2.23 bits per heavy atom. The Labute approximate surface area is 83.0 Å². The molecule has 1 heterocycles. The van der Waals surface area contributed by atoms with Crippen molar-refractivity contribution in [2.45, 2.75) is 26.3 Å². The number of rotatable bonds is 3. The molecular formula is C9H16N2OS. The SMILES string of the molecule is Cc1csc(N(C)C(C)(C)CO)n1. The third kappa shape index (κ3) is 2.19. The predicted octanol–water partition coefficient (Wildman–Crippen LogP) is 1.66. The number of hydrogen-bond donors (Lipinski definition) is 1. The van der Waals surface area contributed by atoms with Crippen molar-refractivity contribution < 1.29 is 5.11 Å². The Morgan fingerprint density at radius 3 is 2.62 bits per heavy atom. The number of nitrogens with zero attached hydrogens (tertiary/aromatic N) is 2. The van der Waals surface area contributed by atoms with Crippen LogP contribution in [0.4, 0.5) is 5.13 Å². The molecule has 0 radical (unpaired) electrons. The van der Waals surface area contributed by atoms with Gasteiger partial charge in [-0.3, -0.25) is 0 Å². The van der Waals surface area contributed by atoms with Gasteiger partial charge in [0.2, 0.25) is 0 Å². The lowest BCUT2D eigenvalue weighted by atomic mass is 10.1. The van der Waals surface area contributed by atoms with Crippen LogP contribution in [-0.2, 0) is 0 Å². The van der Waals surface area contributed by atoms with Gasteiger partial charge in [-0.2, -0.15) is 0 Å². The zero-order valence-corrected chi connectivity index (χ0v) is 9.35. The summed E-state index contributed by atoms with van der Waals surface area (Å²) >= 11 is 1.60. The van der Waals surface area contributed by atoms with E-state index in [1.165, 1.54) is 0 Å². The standard InChI is InChI=1S/C9H16N2OS/c1-7-5-13-8(10-7)11(4)9(2,3)6-12/h5,12H,6H2,1-4H3. The summed E-state index contributed by atoms with van der Waals surface area (Å²) in [6, 6.07) is 0. The number of aromatic nitrogens is 1. The zero-order chi connectivity index (χ0) is 10.1. The molecule has 1 aromatic rings. The van der Waals surface area contributed by atoms with Crippen LogP contribution < -0.4 is 4.90 Å². The van der Waals surface area contributed by atoms with Crippen molar-refractivity contribution in [2.75, 3.05) is 18.6 Å². The van der Waals surface area contributed by atoms with Crippen LogP contribution in [-0.4, -0.2) is 29.3 Å². The van der Waals surface area contributed by atoms with Gasteiger partial charge < -0.3 is 10.0 Å². The summed E-state index contributed by atoms with van der Waals surface area (Å²) in [4.78, 5) is 6.36. The lowest BCUT2D eigenvalue weighted by Crippen LogP contribution is -2.44. The maximum Gasteiger partial charge on any atom is 0.185 e. The van der Waals surface area contributed by atoms with Crippen molar-refractivity contribution in [2.24, 2.45) is 0 Å². The molecule has 0 saturated carbocycles. The zero-order valence-electron chi connectivity index (χ0n) is 8.53. The summed E-state index contributed by atoms with van der Waals surface area (Å²) in [5.74, 6) is 0. The monoisotopic (exact) mass is 200 g/mol. The highest BCUT2D eigenvalue weighted by Crippen LogP contribution is 2.25. The van der Waals surface area contributed by atoms with Crippen LogP contribution in [0, 0.1) is 6.92 Å². The minimum atomic E-state index is -0.246. The molecule has 13 heavy (non-hydrogen) atoms. The molecule has 0 bridgehead atoms. The van der Waals surface area contributed by atoms with Crippen molar-refractivity contribution in [3.05, 3.63) is 11.1 Å². The van der Waals surface area contributed by atoms with Crippen molar-refractivity contribution >= 4 is 16.5 Å². The molecule has 4 heteroatoms. The molecule has 0 fully saturated rings. The second kappa shape index (κ2) is 3.64. The molecule has 0 amide bonds. The first-order chi connectivity index (χ1) is 5.97. The molecule has 0 aliphatic rings. The van der Waals surface area contributed by atoms with E-state index in [9.17, 15) is 0 Å². The van der Waals surface area contributed by atoms with E-state index in [1.54, 1.807) is 11.3 Å². The topological polar surface area (TPSA) is 36.4 Å². The average molecular weight is 200 g/mol. The average Bonchev–Trinajstić information content (AvgIpc) is 2.50. The molecule has 1 N–H and O–H groups in total. The van der Waals surface area contributed by atoms with Crippen LogP contribution in [0.3, 0.4) is 0 Å². The Bertz CT molecular complexity index is 283. The molecule has 74 valence electrons. The van der Waals surface area contributed by atoms with Crippen molar-refractivity contribution in [3.63, 3.8) is 0 Å². The third-order valence-corrected chi connectivity index (χ3v) is 3.22. The number of aliphatic hydroxyl groups excluding tert-OH is 1. The van der Waals surface area contributed by atoms with Gasteiger partial charge in [-0.15, -0.1) is 11.3 Å². The van der Waals surface area contributed by atoms with Crippen LogP contribution in [0.2, 0.25) is 0 Å². The van der Waals surface area contributed by atoms with Gasteiger partial charge in [0, 0.05) is 12.4 Å². The fourth-order valence-corrected chi connectivity index (χ4v) is 1.79. The van der Waals surface area contributed by atoms with Gasteiger partial charge in [0.1, 0.15) is 0 Å². The van der Waals surface area contributed by atoms with Gasteiger partial charge in [-0.1, -0.05) is 0 Å². The van der Waals surface area contributed by atoms with Crippen molar-refractivity contribution in [3.8, 4) is 0 Å². The number of anilines is 1. The van der Waals surface area contributed by atoms with E-state index in [1.807, 2.05) is 38.1 Å². The highest BCUT2D eigenvalue weighted by atomic mass is 32.1. The third-order valence-electron chi connectivity index (χ3n) is 2.19. The Kier molecular flexibility index (Phi) is 2.93. The van der Waals surface area contributed by atoms with Gasteiger partial charge in [0.05, 0.1) is 17.8 Å². The molecule has 0 atom stereocenters. The van der Waals surface area contributed by atoms with E-state index < -0.39 is 0 Å². The van der Waals surface area contributed by atoms with Gasteiger partial charge >= 0.3 is 0 Å². The molecule has 3 nitrogen and oxygen atoms in total. The summed E-state index contributed by atoms with van der Waals surface area (Å²) in [6.07, 6.45) is 0. The smallest absolute Gasteiger partial charge is 0.185 e. The van der Waals surface area contributed by atoms with E-state index in [2.05, 4.69) is 4.98 Å². The predicted molar refractivity (Wildman–Crippen MR) is 56.4 cm³/mol. The van der Waals surface area contributed by atoms with Crippen LogP contribution >= 0.6 is 11.3 Å². The van der Waals surface area contributed by atoms with Gasteiger partial charge in [-0.25, -0.2) is 4.98 Å². The Hall–Kier alpha value is -0.610. The van der Waals surface area contributed by atoms with Gasteiger partial charge in [0.15, 0.2) is 5.13 Å².